The van der Waals surface area contributed by atoms with Crippen LogP contribution in [0.15, 0.2) is 18.2 Å². The number of ketones is 1. The van der Waals surface area contributed by atoms with Gasteiger partial charge < -0.3 is 0 Å². The van der Waals surface area contributed by atoms with Crippen LogP contribution in [0.4, 0.5) is 0 Å². The average molecular weight is 216 g/mol. The molecule has 0 unspecified atom stereocenters. The molecule has 0 spiro atoms. The van der Waals surface area contributed by atoms with Crippen LogP contribution < -0.4 is 0 Å². The first-order valence-corrected chi connectivity index (χ1v) is 6.42. The maximum Gasteiger partial charge on any atom is 0.133 e. The molecule has 0 N–H and O–H groups in total. The Morgan fingerprint density at radius 3 is 2.81 bits per heavy atom. The number of carbonyl (C=O) groups excluding carboxylic acids is 1. The Morgan fingerprint density at radius 2 is 2.00 bits per heavy atom. The standard InChI is InChI=1S/C15H20O/c1-2-4-15(16)10-8-12-7-9-13-5-3-6-14(13)11-12/h7,9,11H,2-6,8,10H2,1H3. The number of hydrogen-bond acceptors (Lipinski definition) is 1. The number of hydrogen-bond donors (Lipinski definition) is 0. The molecule has 16 heavy (non-hydrogen) atoms. The molecule has 1 aliphatic carbocycles. The number of rotatable bonds is 5. The minimum Gasteiger partial charge on any atom is -0.300 e. The Hall–Kier alpha value is -1.11. The van der Waals surface area contributed by atoms with Crippen molar-refractivity contribution in [2.75, 3.05) is 0 Å². The van der Waals surface area contributed by atoms with E-state index in [9.17, 15) is 4.79 Å². The van der Waals surface area contributed by atoms with Gasteiger partial charge in [0.15, 0.2) is 0 Å². The quantitative estimate of drug-likeness (QED) is 0.736. The molecule has 0 bridgehead atoms. The van der Waals surface area contributed by atoms with E-state index in [1.807, 2.05) is 0 Å². The number of aryl methyl sites for hydroxylation is 3. The van der Waals surface area contributed by atoms with Crippen molar-refractivity contribution in [3.05, 3.63) is 34.9 Å². The fraction of sp³-hybridized carbons (Fsp3) is 0.533. The molecule has 1 aromatic rings. The molecule has 86 valence electrons. The normalized spacial score (nSPS) is 13.8. The number of carbonyl (C=O) groups is 1. The van der Waals surface area contributed by atoms with Gasteiger partial charge in [-0.1, -0.05) is 25.1 Å². The van der Waals surface area contributed by atoms with Gasteiger partial charge in [-0.2, -0.15) is 0 Å². The highest BCUT2D eigenvalue weighted by atomic mass is 16.1. The average Bonchev–Trinajstić information content (AvgIpc) is 2.74. The Labute approximate surface area is 97.9 Å². The molecular formula is C15H20O. The molecule has 0 heterocycles. The summed E-state index contributed by atoms with van der Waals surface area (Å²) in [5, 5.41) is 0. The summed E-state index contributed by atoms with van der Waals surface area (Å²) in [6.07, 6.45) is 7.12. The first-order chi connectivity index (χ1) is 7.79. The van der Waals surface area contributed by atoms with Crippen LogP contribution in [0.25, 0.3) is 0 Å². The molecule has 0 saturated carbocycles. The smallest absolute Gasteiger partial charge is 0.133 e. The third-order valence-corrected chi connectivity index (χ3v) is 3.38. The van der Waals surface area contributed by atoms with Gasteiger partial charge in [0, 0.05) is 12.8 Å². The number of fused-ring (bicyclic) bond motifs is 1. The summed E-state index contributed by atoms with van der Waals surface area (Å²) in [7, 11) is 0. The van der Waals surface area contributed by atoms with Crippen LogP contribution in [0, 0.1) is 0 Å². The van der Waals surface area contributed by atoms with Crippen LogP contribution >= 0.6 is 0 Å². The van der Waals surface area contributed by atoms with Crippen molar-refractivity contribution in [1.29, 1.82) is 0 Å². The highest BCUT2D eigenvalue weighted by Crippen LogP contribution is 2.23. The van der Waals surface area contributed by atoms with Gasteiger partial charge in [-0.15, -0.1) is 0 Å². The Kier molecular flexibility index (Phi) is 3.76. The van der Waals surface area contributed by atoms with Crippen molar-refractivity contribution in [3.63, 3.8) is 0 Å². The maximum absolute atomic E-state index is 11.5. The van der Waals surface area contributed by atoms with E-state index in [0.717, 1.165) is 19.3 Å². The van der Waals surface area contributed by atoms with Crippen molar-refractivity contribution in [1.82, 2.24) is 0 Å². The largest absolute Gasteiger partial charge is 0.300 e. The van der Waals surface area contributed by atoms with Crippen LogP contribution in [-0.4, -0.2) is 5.78 Å². The van der Waals surface area contributed by atoms with Gasteiger partial charge in [0.2, 0.25) is 0 Å². The third kappa shape index (κ3) is 2.72. The van der Waals surface area contributed by atoms with E-state index >= 15 is 0 Å². The molecule has 1 heteroatoms. The van der Waals surface area contributed by atoms with E-state index in [1.54, 1.807) is 0 Å². The van der Waals surface area contributed by atoms with Gasteiger partial charge in [0.05, 0.1) is 0 Å². The van der Waals surface area contributed by atoms with E-state index < -0.39 is 0 Å². The van der Waals surface area contributed by atoms with E-state index in [2.05, 4.69) is 25.1 Å². The summed E-state index contributed by atoms with van der Waals surface area (Å²) in [5.41, 5.74) is 4.37. The molecule has 0 atom stereocenters. The van der Waals surface area contributed by atoms with E-state index in [1.165, 1.54) is 36.0 Å². The highest BCUT2D eigenvalue weighted by molar-refractivity contribution is 5.78. The second-order valence-corrected chi connectivity index (χ2v) is 4.75. The van der Waals surface area contributed by atoms with Crippen molar-refractivity contribution >= 4 is 5.78 Å². The van der Waals surface area contributed by atoms with Crippen molar-refractivity contribution in [2.24, 2.45) is 0 Å². The Bertz CT molecular complexity index is 379. The second-order valence-electron chi connectivity index (χ2n) is 4.75. The molecule has 1 aliphatic rings. The van der Waals surface area contributed by atoms with Crippen LogP contribution in [0.1, 0.15) is 49.3 Å². The zero-order valence-electron chi connectivity index (χ0n) is 10.1. The highest BCUT2D eigenvalue weighted by Gasteiger charge is 2.11. The lowest BCUT2D eigenvalue weighted by molar-refractivity contribution is -0.119. The minimum absolute atomic E-state index is 0.406. The number of Topliss-reactive ketones (excluding diaryl/α,β-unsaturated/α-hetero) is 1. The van der Waals surface area contributed by atoms with Crippen LogP contribution in [0.5, 0.6) is 0 Å². The summed E-state index contributed by atoms with van der Waals surface area (Å²) < 4.78 is 0. The predicted octanol–water partition coefficient (Wildman–Crippen LogP) is 3.48. The number of benzene rings is 1. The van der Waals surface area contributed by atoms with Gasteiger partial charge in [-0.05, 0) is 48.8 Å². The first kappa shape index (κ1) is 11.4. The van der Waals surface area contributed by atoms with E-state index in [-0.39, 0.29) is 0 Å². The Balaban J connectivity index is 1.93. The minimum atomic E-state index is 0.406. The summed E-state index contributed by atoms with van der Waals surface area (Å²) >= 11 is 0. The summed E-state index contributed by atoms with van der Waals surface area (Å²) in [4.78, 5) is 11.5. The zero-order valence-corrected chi connectivity index (χ0v) is 10.1. The molecule has 0 saturated heterocycles. The molecule has 0 amide bonds. The molecule has 2 rings (SSSR count). The molecule has 1 aromatic carbocycles. The van der Waals surface area contributed by atoms with Gasteiger partial charge >= 0.3 is 0 Å². The summed E-state index contributed by atoms with van der Waals surface area (Å²) in [6.45, 7) is 2.06. The molecular weight excluding hydrogens is 196 g/mol. The predicted molar refractivity (Wildman–Crippen MR) is 66.7 cm³/mol. The lowest BCUT2D eigenvalue weighted by atomic mass is 10.0. The second kappa shape index (κ2) is 5.29. The maximum atomic E-state index is 11.5. The van der Waals surface area contributed by atoms with Crippen LogP contribution in [0.2, 0.25) is 0 Å². The fourth-order valence-electron chi connectivity index (χ4n) is 2.47. The van der Waals surface area contributed by atoms with E-state index in [0.29, 0.717) is 12.2 Å². The lowest BCUT2D eigenvalue weighted by Crippen LogP contribution is -1.99. The zero-order chi connectivity index (χ0) is 11.4. The molecule has 0 fully saturated rings. The molecule has 0 radical (unpaired) electrons. The molecule has 0 aliphatic heterocycles. The molecule has 0 aromatic heterocycles. The van der Waals surface area contributed by atoms with Crippen molar-refractivity contribution in [2.45, 2.75) is 51.9 Å². The first-order valence-electron chi connectivity index (χ1n) is 6.42. The van der Waals surface area contributed by atoms with Gasteiger partial charge in [0.25, 0.3) is 0 Å². The topological polar surface area (TPSA) is 17.1 Å². The van der Waals surface area contributed by atoms with Gasteiger partial charge in [0.1, 0.15) is 5.78 Å². The Morgan fingerprint density at radius 1 is 1.19 bits per heavy atom. The van der Waals surface area contributed by atoms with Crippen LogP contribution in [0.3, 0.4) is 0 Å². The summed E-state index contributed by atoms with van der Waals surface area (Å²) in [5.74, 6) is 0.406. The van der Waals surface area contributed by atoms with Gasteiger partial charge in [-0.25, -0.2) is 0 Å². The lowest BCUT2D eigenvalue weighted by Gasteiger charge is -2.04. The third-order valence-electron chi connectivity index (χ3n) is 3.38. The summed E-state index contributed by atoms with van der Waals surface area (Å²) in [6, 6.07) is 6.76. The van der Waals surface area contributed by atoms with Crippen molar-refractivity contribution < 1.29 is 4.79 Å². The molecule has 1 nitrogen and oxygen atoms in total. The SMILES string of the molecule is CCCC(=O)CCc1ccc2c(c1)CCC2. The van der Waals surface area contributed by atoms with Crippen molar-refractivity contribution in [3.8, 4) is 0 Å². The monoisotopic (exact) mass is 216 g/mol. The van der Waals surface area contributed by atoms with Gasteiger partial charge in [-0.3, -0.25) is 4.79 Å². The van der Waals surface area contributed by atoms with Crippen LogP contribution in [-0.2, 0) is 24.1 Å². The fourth-order valence-corrected chi connectivity index (χ4v) is 2.47. The van der Waals surface area contributed by atoms with E-state index in [4.69, 9.17) is 0 Å².